The highest BCUT2D eigenvalue weighted by atomic mass is 19.4. The molecule has 2 aromatic carbocycles. The number of benzene rings is 2. The first-order valence-electron chi connectivity index (χ1n) is 6.77. The Morgan fingerprint density at radius 3 is 2.21 bits per heavy atom. The van der Waals surface area contributed by atoms with Gasteiger partial charge in [0.15, 0.2) is 0 Å². The first kappa shape index (κ1) is 14.6. The smallest absolute Gasteiger partial charge is 0.416 e. The number of ether oxygens (including phenoxy) is 3. The van der Waals surface area contributed by atoms with E-state index < -0.39 is 29.7 Å². The lowest BCUT2D eigenvalue weighted by molar-refractivity contribution is -0.295. The summed E-state index contributed by atoms with van der Waals surface area (Å²) >= 11 is 0. The van der Waals surface area contributed by atoms with Gasteiger partial charge >= 0.3 is 24.1 Å². The van der Waals surface area contributed by atoms with Crippen molar-refractivity contribution in [3.05, 3.63) is 64.7 Å². The van der Waals surface area contributed by atoms with E-state index in [4.69, 9.17) is 14.2 Å². The summed E-state index contributed by atoms with van der Waals surface area (Å²) in [5.74, 6) is -4.32. The van der Waals surface area contributed by atoms with E-state index in [0.717, 1.165) is 12.1 Å². The number of rotatable bonds is 0. The van der Waals surface area contributed by atoms with Gasteiger partial charge < -0.3 is 14.2 Å². The zero-order valence-electron chi connectivity index (χ0n) is 11.7. The van der Waals surface area contributed by atoms with Crippen molar-refractivity contribution in [2.75, 3.05) is 0 Å². The fraction of sp³-hybridized carbons (Fsp3) is 0.125. The van der Waals surface area contributed by atoms with E-state index in [2.05, 4.69) is 0 Å². The molecule has 2 aliphatic heterocycles. The maximum Gasteiger partial charge on any atom is 0.453 e. The Bertz CT molecular complexity index is 890. The highest BCUT2D eigenvalue weighted by Gasteiger charge is 2.55. The molecule has 1 unspecified atom stereocenters. The van der Waals surface area contributed by atoms with E-state index in [0.29, 0.717) is 6.07 Å². The molecule has 2 heterocycles. The van der Waals surface area contributed by atoms with Gasteiger partial charge in [0.1, 0.15) is 11.3 Å². The van der Waals surface area contributed by atoms with E-state index in [9.17, 15) is 22.8 Å². The van der Waals surface area contributed by atoms with Gasteiger partial charge in [-0.15, -0.1) is 0 Å². The van der Waals surface area contributed by atoms with Crippen LogP contribution in [0.1, 0.15) is 31.8 Å². The molecule has 5 nitrogen and oxygen atoms in total. The molecule has 0 N–H and O–H groups in total. The Hall–Kier alpha value is -3.03. The maximum absolute atomic E-state index is 12.9. The molecule has 0 radical (unpaired) electrons. The van der Waals surface area contributed by atoms with Gasteiger partial charge in [0.05, 0.1) is 16.7 Å². The summed E-state index contributed by atoms with van der Waals surface area (Å²) in [5.41, 5.74) is -0.954. The van der Waals surface area contributed by atoms with Gasteiger partial charge in [-0.3, -0.25) is 0 Å². The highest BCUT2D eigenvalue weighted by Crippen LogP contribution is 2.45. The number of esters is 2. The van der Waals surface area contributed by atoms with Crippen molar-refractivity contribution in [2.24, 2.45) is 0 Å². The molecule has 24 heavy (non-hydrogen) atoms. The Morgan fingerprint density at radius 1 is 0.833 bits per heavy atom. The van der Waals surface area contributed by atoms with Gasteiger partial charge in [-0.2, -0.15) is 13.2 Å². The first-order valence-corrected chi connectivity index (χ1v) is 6.77. The second kappa shape index (κ2) is 4.50. The summed E-state index contributed by atoms with van der Waals surface area (Å²) in [5, 5.41) is 0. The quantitative estimate of drug-likeness (QED) is 0.691. The molecule has 8 heteroatoms. The van der Waals surface area contributed by atoms with Crippen LogP contribution < -0.4 is 4.74 Å². The number of halogens is 3. The van der Waals surface area contributed by atoms with Crippen molar-refractivity contribution in [3.8, 4) is 5.75 Å². The Balaban J connectivity index is 1.85. The molecule has 0 fully saturated rings. The van der Waals surface area contributed by atoms with E-state index in [1.807, 2.05) is 0 Å². The predicted octanol–water partition coefficient (Wildman–Crippen LogP) is 3.24. The minimum absolute atomic E-state index is 0.112. The summed E-state index contributed by atoms with van der Waals surface area (Å²) in [4.78, 5) is 24.1. The van der Waals surface area contributed by atoms with Crippen LogP contribution in [0, 0.1) is 0 Å². The standard InChI is InChI=1S/C16H7F3O5/c17-15(18,19)8-5-6-10-12(7-8)22-16(24-14(10)21)11-4-2-1-3-9(11)13(20)23-16/h1-7H. The molecule has 1 atom stereocenters. The van der Waals surface area contributed by atoms with Gasteiger partial charge in [-0.05, 0) is 30.3 Å². The minimum Gasteiger partial charge on any atom is -0.416 e. The summed E-state index contributed by atoms with van der Waals surface area (Å²) in [7, 11) is 0. The second-order valence-corrected chi connectivity index (χ2v) is 5.19. The fourth-order valence-corrected chi connectivity index (χ4v) is 2.61. The molecular formula is C16H7F3O5. The fourth-order valence-electron chi connectivity index (χ4n) is 2.61. The first-order chi connectivity index (χ1) is 11.3. The van der Waals surface area contributed by atoms with E-state index in [1.165, 1.54) is 12.1 Å². The van der Waals surface area contributed by atoms with Crippen LogP contribution in [0.2, 0.25) is 0 Å². The van der Waals surface area contributed by atoms with Crippen LogP contribution in [0.4, 0.5) is 13.2 Å². The van der Waals surface area contributed by atoms with Crippen LogP contribution in [0.3, 0.4) is 0 Å². The molecule has 1 spiro atoms. The summed E-state index contributed by atoms with van der Waals surface area (Å²) in [6.45, 7) is 0. The third kappa shape index (κ3) is 1.96. The summed E-state index contributed by atoms with van der Waals surface area (Å²) in [6.07, 6.45) is -4.61. The molecule has 0 saturated carbocycles. The SMILES string of the molecule is O=C1OC2(OC(=O)c3ccccc32)Oc2cc(C(F)(F)F)ccc21. The average molecular weight is 336 g/mol. The summed E-state index contributed by atoms with van der Waals surface area (Å²) < 4.78 is 54.1. The van der Waals surface area contributed by atoms with Crippen LogP contribution in [0.15, 0.2) is 42.5 Å². The van der Waals surface area contributed by atoms with Crippen LogP contribution in [-0.4, -0.2) is 11.9 Å². The normalized spacial score (nSPS) is 21.6. The average Bonchev–Trinajstić information content (AvgIpc) is 2.78. The Kier molecular flexibility index (Phi) is 2.73. The molecule has 0 amide bonds. The minimum atomic E-state index is -4.61. The van der Waals surface area contributed by atoms with Gasteiger partial charge in [-0.25, -0.2) is 9.59 Å². The molecule has 2 aliphatic rings. The van der Waals surface area contributed by atoms with Crippen molar-refractivity contribution >= 4 is 11.9 Å². The van der Waals surface area contributed by atoms with Crippen LogP contribution in [-0.2, 0) is 21.6 Å². The van der Waals surface area contributed by atoms with E-state index in [1.54, 1.807) is 12.1 Å². The molecule has 4 rings (SSSR count). The van der Waals surface area contributed by atoms with Crippen molar-refractivity contribution in [1.29, 1.82) is 0 Å². The van der Waals surface area contributed by atoms with E-state index >= 15 is 0 Å². The third-order valence-electron chi connectivity index (χ3n) is 3.70. The Morgan fingerprint density at radius 2 is 1.50 bits per heavy atom. The van der Waals surface area contributed by atoms with Crippen LogP contribution >= 0.6 is 0 Å². The molecule has 0 bridgehead atoms. The lowest BCUT2D eigenvalue weighted by Crippen LogP contribution is -2.42. The van der Waals surface area contributed by atoms with E-state index in [-0.39, 0.29) is 22.4 Å². The Labute approximate surface area is 132 Å². The van der Waals surface area contributed by atoms with Gasteiger partial charge in [0.25, 0.3) is 0 Å². The lowest BCUT2D eigenvalue weighted by Gasteiger charge is -2.32. The topological polar surface area (TPSA) is 61.8 Å². The lowest BCUT2D eigenvalue weighted by atomic mass is 10.1. The number of alkyl halides is 3. The molecule has 122 valence electrons. The highest BCUT2D eigenvalue weighted by molar-refractivity contribution is 5.97. The molecule has 2 aromatic rings. The molecule has 0 saturated heterocycles. The molecule has 0 aliphatic carbocycles. The van der Waals surface area contributed by atoms with Crippen molar-refractivity contribution in [1.82, 2.24) is 0 Å². The number of fused-ring (bicyclic) bond motifs is 3. The number of hydrogen-bond donors (Lipinski definition) is 0. The van der Waals surface area contributed by atoms with Gasteiger partial charge in [-0.1, -0.05) is 12.1 Å². The second-order valence-electron chi connectivity index (χ2n) is 5.19. The molecule has 0 aromatic heterocycles. The number of carbonyl (C=O) groups excluding carboxylic acids is 2. The zero-order valence-corrected chi connectivity index (χ0v) is 11.7. The number of hydrogen-bond acceptors (Lipinski definition) is 5. The third-order valence-corrected chi connectivity index (χ3v) is 3.70. The molecular weight excluding hydrogens is 329 g/mol. The van der Waals surface area contributed by atoms with Crippen LogP contribution in [0.25, 0.3) is 0 Å². The van der Waals surface area contributed by atoms with Crippen molar-refractivity contribution in [3.63, 3.8) is 0 Å². The van der Waals surface area contributed by atoms with Gasteiger partial charge in [0, 0.05) is 0 Å². The van der Waals surface area contributed by atoms with Crippen molar-refractivity contribution < 1.29 is 37.0 Å². The number of carbonyl (C=O) groups is 2. The van der Waals surface area contributed by atoms with Crippen LogP contribution in [0.5, 0.6) is 5.75 Å². The summed E-state index contributed by atoms with van der Waals surface area (Å²) in [6, 6.07) is 8.37. The zero-order chi connectivity index (χ0) is 17.1. The predicted molar refractivity (Wildman–Crippen MR) is 71.0 cm³/mol. The monoisotopic (exact) mass is 336 g/mol. The largest absolute Gasteiger partial charge is 0.453 e. The van der Waals surface area contributed by atoms with Crippen molar-refractivity contribution in [2.45, 2.75) is 12.1 Å². The maximum atomic E-state index is 12.9. The van der Waals surface area contributed by atoms with Gasteiger partial charge in [0.2, 0.25) is 0 Å².